The molecule has 0 aromatic rings. The number of fused-ring (bicyclic) bond motifs is 7. The molecule has 4 heterocycles. The first-order valence-electron chi connectivity index (χ1n) is 21.7. The number of hydrogen-bond acceptors (Lipinski definition) is 15. The molecule has 8 aliphatic rings. The maximum absolute atomic E-state index is 12.3. The first-order chi connectivity index (χ1) is 27.4. The Kier molecular flexibility index (Phi) is 11.7. The number of carbonyl (C=O) groups is 2. The summed E-state index contributed by atoms with van der Waals surface area (Å²) >= 11 is 0. The lowest BCUT2D eigenvalue weighted by atomic mass is 9.46. The summed E-state index contributed by atoms with van der Waals surface area (Å²) in [6.45, 7) is 13.5. The lowest BCUT2D eigenvalue weighted by Crippen LogP contribution is -2.66. The van der Waals surface area contributed by atoms with Gasteiger partial charge in [-0.15, -0.1) is 0 Å². The third-order valence-corrected chi connectivity index (χ3v) is 16.2. The molecule has 4 aliphatic heterocycles. The highest BCUT2D eigenvalue weighted by Crippen LogP contribution is 2.71. The second-order valence-electron chi connectivity index (χ2n) is 19.6. The highest BCUT2D eigenvalue weighted by molar-refractivity contribution is 5.66. The Bertz CT molecular complexity index is 1570. The summed E-state index contributed by atoms with van der Waals surface area (Å²) in [5, 5.41) is 55.3. The third kappa shape index (κ3) is 7.09. The van der Waals surface area contributed by atoms with E-state index in [1.54, 1.807) is 0 Å². The van der Waals surface area contributed by atoms with Gasteiger partial charge in [0.05, 0.1) is 31.0 Å². The predicted molar refractivity (Wildman–Crippen MR) is 202 cm³/mol. The highest BCUT2D eigenvalue weighted by atomic mass is 16.8. The fraction of sp³-hybridized carbons (Fsp3) is 0.907. The second-order valence-corrected chi connectivity index (χ2v) is 19.6. The first kappa shape index (κ1) is 42.9. The standard InChI is InChI=1S/C43H66O15/c1-19-10-13-43(52-17-19)20(2)32-29(58-43)16-28-26-9-8-24-14-25(46)15-31(42(24,7)27(26)11-12-41(28,32)6)56-40-38(57-39-35(49)34(48)33(47)21(3)53-39)36(50)37(54-23(5)45)30(55-40)18-51-22(4)44/h8,19-21,25-40,46-50H,9-18H2,1-7H3/t19-,20+,21+,25-,26+,27-,28+,29+,30-,31-,32+,33+,34-,35-,36+,37+,38-,39+,40+,41+,42+,43-/m1/s1. The van der Waals surface area contributed by atoms with Crippen molar-refractivity contribution in [3.8, 4) is 0 Å². The van der Waals surface area contributed by atoms with Crippen LogP contribution in [0.15, 0.2) is 11.6 Å². The van der Waals surface area contributed by atoms with E-state index in [1.165, 1.54) is 20.8 Å². The molecule has 0 unspecified atom stereocenters. The van der Waals surface area contributed by atoms with Gasteiger partial charge in [0.15, 0.2) is 24.5 Å². The van der Waals surface area contributed by atoms with E-state index >= 15 is 0 Å². The van der Waals surface area contributed by atoms with E-state index in [1.807, 2.05) is 0 Å². The molecule has 328 valence electrons. The number of ether oxygens (including phenoxy) is 8. The van der Waals surface area contributed by atoms with Crippen LogP contribution in [0.25, 0.3) is 0 Å². The molecule has 15 heteroatoms. The molecule has 7 fully saturated rings. The molecule has 1 spiro atoms. The smallest absolute Gasteiger partial charge is 0.303 e. The predicted octanol–water partition coefficient (Wildman–Crippen LogP) is 2.50. The number of aliphatic hydroxyl groups is 5. The van der Waals surface area contributed by atoms with Gasteiger partial charge in [0, 0.05) is 38.0 Å². The summed E-state index contributed by atoms with van der Waals surface area (Å²) in [7, 11) is 0. The Morgan fingerprint density at radius 2 is 1.60 bits per heavy atom. The molecule has 15 nitrogen and oxygen atoms in total. The van der Waals surface area contributed by atoms with E-state index in [-0.39, 0.29) is 36.4 Å². The van der Waals surface area contributed by atoms with Crippen molar-refractivity contribution in [2.24, 2.45) is 46.3 Å². The third-order valence-electron chi connectivity index (χ3n) is 16.2. The molecule has 3 saturated carbocycles. The van der Waals surface area contributed by atoms with E-state index in [0.717, 1.165) is 50.7 Å². The summed E-state index contributed by atoms with van der Waals surface area (Å²) in [5.74, 6) is 0.275. The number of hydrogen-bond donors (Lipinski definition) is 5. The summed E-state index contributed by atoms with van der Waals surface area (Å²) in [6, 6.07) is 0. The van der Waals surface area contributed by atoms with Gasteiger partial charge in [-0.1, -0.05) is 39.3 Å². The Labute approximate surface area is 341 Å². The Morgan fingerprint density at radius 3 is 2.29 bits per heavy atom. The molecule has 0 bridgehead atoms. The molecule has 0 aromatic carbocycles. The summed E-state index contributed by atoms with van der Waals surface area (Å²) in [4.78, 5) is 24.3. The van der Waals surface area contributed by atoms with Crippen molar-refractivity contribution in [3.05, 3.63) is 11.6 Å². The van der Waals surface area contributed by atoms with Gasteiger partial charge in [0.1, 0.15) is 43.2 Å². The van der Waals surface area contributed by atoms with Crippen LogP contribution in [0.5, 0.6) is 0 Å². The minimum atomic E-state index is -1.72. The van der Waals surface area contributed by atoms with Crippen molar-refractivity contribution in [1.82, 2.24) is 0 Å². The van der Waals surface area contributed by atoms with Crippen LogP contribution in [0.4, 0.5) is 0 Å². The van der Waals surface area contributed by atoms with Crippen LogP contribution < -0.4 is 0 Å². The van der Waals surface area contributed by atoms with Crippen molar-refractivity contribution in [2.75, 3.05) is 13.2 Å². The molecular formula is C43H66O15. The minimum absolute atomic E-state index is 0.0642. The SMILES string of the molecule is CC(=O)OC[C@H]1O[C@@H](O[C@@H]2C[C@H](O)CC3=CC[C@H]4[C@@H](CC[C@]5(C)[C@@H]6[C@H](C[C@@H]45)O[C@]4(CC[C@@H](C)CO4)[C@H]6C)[C@]32C)[C@H](O[C@@H]2O[C@@H](C)[C@H](O)[C@@H](O)[C@H]2O)[C@@H](O)[C@H]1OC(C)=O. The van der Waals surface area contributed by atoms with E-state index in [2.05, 4.69) is 33.8 Å². The Balaban J connectivity index is 1.09. The summed E-state index contributed by atoms with van der Waals surface area (Å²) in [6.07, 6.45) is -6.63. The quantitative estimate of drug-likeness (QED) is 0.185. The normalized spacial score (nSPS) is 53.8. The average Bonchev–Trinajstić information content (AvgIpc) is 3.61. The van der Waals surface area contributed by atoms with E-state index in [0.29, 0.717) is 30.1 Å². The van der Waals surface area contributed by atoms with Crippen molar-refractivity contribution in [2.45, 2.75) is 185 Å². The van der Waals surface area contributed by atoms with Gasteiger partial charge in [0.2, 0.25) is 0 Å². The lowest BCUT2D eigenvalue weighted by Gasteiger charge is -2.60. The molecular weight excluding hydrogens is 756 g/mol. The number of esters is 2. The molecule has 58 heavy (non-hydrogen) atoms. The van der Waals surface area contributed by atoms with Crippen molar-refractivity contribution < 1.29 is 73.0 Å². The monoisotopic (exact) mass is 822 g/mol. The molecule has 0 aromatic heterocycles. The number of aliphatic hydroxyl groups excluding tert-OH is 5. The highest BCUT2D eigenvalue weighted by Gasteiger charge is 2.69. The average molecular weight is 823 g/mol. The van der Waals surface area contributed by atoms with Gasteiger partial charge in [-0.3, -0.25) is 9.59 Å². The molecule has 0 radical (unpaired) electrons. The lowest BCUT2D eigenvalue weighted by molar-refractivity contribution is -0.374. The zero-order valence-electron chi connectivity index (χ0n) is 34.9. The number of rotatable bonds is 7. The van der Waals surface area contributed by atoms with Crippen molar-refractivity contribution in [3.63, 3.8) is 0 Å². The van der Waals surface area contributed by atoms with Crippen LogP contribution >= 0.6 is 0 Å². The van der Waals surface area contributed by atoms with E-state index in [4.69, 9.17) is 37.9 Å². The largest absolute Gasteiger partial charge is 0.463 e. The van der Waals surface area contributed by atoms with Crippen LogP contribution in [0.3, 0.4) is 0 Å². The van der Waals surface area contributed by atoms with Crippen LogP contribution in [-0.4, -0.2) is 136 Å². The Hall–Kier alpha value is -1.76. The van der Waals surface area contributed by atoms with Gasteiger partial charge in [0.25, 0.3) is 0 Å². The maximum Gasteiger partial charge on any atom is 0.303 e. The zero-order valence-corrected chi connectivity index (χ0v) is 34.9. The van der Waals surface area contributed by atoms with Crippen molar-refractivity contribution >= 4 is 11.9 Å². The van der Waals surface area contributed by atoms with Crippen LogP contribution in [0.1, 0.15) is 99.8 Å². The molecule has 22 atom stereocenters. The summed E-state index contributed by atoms with van der Waals surface area (Å²) < 4.78 is 49.8. The van der Waals surface area contributed by atoms with Crippen LogP contribution in [0.2, 0.25) is 0 Å². The van der Waals surface area contributed by atoms with E-state index < -0.39 is 96.8 Å². The van der Waals surface area contributed by atoms with Gasteiger partial charge in [-0.2, -0.15) is 0 Å². The fourth-order valence-electron chi connectivity index (χ4n) is 13.2. The molecule has 8 rings (SSSR count). The minimum Gasteiger partial charge on any atom is -0.463 e. The van der Waals surface area contributed by atoms with Crippen LogP contribution in [0, 0.1) is 46.3 Å². The van der Waals surface area contributed by atoms with E-state index in [9.17, 15) is 35.1 Å². The maximum atomic E-state index is 12.3. The zero-order chi connectivity index (χ0) is 41.6. The molecule has 5 N–H and O–H groups in total. The topological polar surface area (TPSA) is 209 Å². The summed E-state index contributed by atoms with van der Waals surface area (Å²) in [5.41, 5.74) is 0.631. The fourth-order valence-corrected chi connectivity index (χ4v) is 13.2. The number of carbonyl (C=O) groups excluding carboxylic acids is 2. The van der Waals surface area contributed by atoms with Crippen molar-refractivity contribution in [1.29, 1.82) is 0 Å². The molecule has 0 amide bonds. The van der Waals surface area contributed by atoms with Gasteiger partial charge in [-0.25, -0.2) is 0 Å². The molecule has 4 saturated heterocycles. The number of allylic oxidation sites excluding steroid dienone is 1. The first-order valence-corrected chi connectivity index (χ1v) is 21.7. The van der Waals surface area contributed by atoms with Crippen LogP contribution in [-0.2, 0) is 47.5 Å². The van der Waals surface area contributed by atoms with Gasteiger partial charge >= 0.3 is 11.9 Å². The van der Waals surface area contributed by atoms with Gasteiger partial charge in [-0.05, 0) is 80.5 Å². The Morgan fingerprint density at radius 1 is 0.845 bits per heavy atom. The molecule has 4 aliphatic carbocycles. The second kappa shape index (κ2) is 15.9. The van der Waals surface area contributed by atoms with Gasteiger partial charge < -0.3 is 63.4 Å².